The van der Waals surface area contributed by atoms with Gasteiger partial charge in [0.15, 0.2) is 0 Å². The number of rotatable bonds is 6. The summed E-state index contributed by atoms with van der Waals surface area (Å²) >= 11 is 0. The molecular formula is C40H46N2Si. The molecule has 4 unspecified atom stereocenters. The van der Waals surface area contributed by atoms with Crippen LogP contribution in [-0.4, -0.2) is 36.3 Å². The van der Waals surface area contributed by atoms with Crippen LogP contribution in [0.5, 0.6) is 0 Å². The number of hydrogen-bond acceptors (Lipinski definition) is 2. The van der Waals surface area contributed by atoms with E-state index in [4.69, 9.17) is 0 Å². The van der Waals surface area contributed by atoms with Gasteiger partial charge < -0.3 is 9.80 Å². The molecule has 0 radical (unpaired) electrons. The number of benzene rings is 2. The van der Waals surface area contributed by atoms with Gasteiger partial charge in [-0.05, 0) is 71.5 Å². The van der Waals surface area contributed by atoms with Crippen molar-refractivity contribution in [1.29, 1.82) is 0 Å². The Morgan fingerprint density at radius 2 is 0.884 bits per heavy atom. The molecule has 0 heterocycles. The van der Waals surface area contributed by atoms with E-state index < -0.39 is 8.07 Å². The second-order valence-corrected chi connectivity index (χ2v) is 18.5. The third kappa shape index (κ3) is 5.18. The van der Waals surface area contributed by atoms with Gasteiger partial charge in [-0.15, -0.1) is 0 Å². The third-order valence-electron chi connectivity index (χ3n) is 10.0. The number of allylic oxidation sites excluding steroid dienone is 16. The van der Waals surface area contributed by atoms with Gasteiger partial charge in [0.25, 0.3) is 0 Å². The first-order valence-corrected chi connectivity index (χ1v) is 18.8. The SMILES string of the molecule is CC1=CC2=C(C=CC=CC2c2ccc(N(C)C)cc2)C1[Si](C)(C)C1C(C)=CC2=C1C=CC=CC2c1ccc(N(C)C)cc1. The molecule has 2 nitrogen and oxygen atoms in total. The highest BCUT2D eigenvalue weighted by Crippen LogP contribution is 2.58. The first-order chi connectivity index (χ1) is 20.6. The van der Waals surface area contributed by atoms with Crippen molar-refractivity contribution in [2.45, 2.75) is 49.9 Å². The summed E-state index contributed by atoms with van der Waals surface area (Å²) in [7, 11) is 6.46. The maximum Gasteiger partial charge on any atom is 0.0721 e. The highest BCUT2D eigenvalue weighted by Gasteiger charge is 2.48. The van der Waals surface area contributed by atoms with Crippen LogP contribution in [0.15, 0.2) is 143 Å². The van der Waals surface area contributed by atoms with Crippen molar-refractivity contribution in [2.24, 2.45) is 0 Å². The Balaban J connectivity index is 1.38. The molecule has 4 aliphatic carbocycles. The second kappa shape index (κ2) is 11.4. The minimum Gasteiger partial charge on any atom is -0.378 e. The zero-order chi connectivity index (χ0) is 30.5. The highest BCUT2D eigenvalue weighted by molar-refractivity contribution is 6.83. The van der Waals surface area contributed by atoms with Gasteiger partial charge in [-0.25, -0.2) is 0 Å². The van der Waals surface area contributed by atoms with Crippen LogP contribution in [0.1, 0.15) is 36.8 Å². The molecule has 4 atom stereocenters. The van der Waals surface area contributed by atoms with E-state index in [2.05, 4.69) is 174 Å². The van der Waals surface area contributed by atoms with E-state index in [1.165, 1.54) is 55.9 Å². The lowest BCUT2D eigenvalue weighted by atomic mass is 9.89. The van der Waals surface area contributed by atoms with Crippen LogP contribution in [0.4, 0.5) is 11.4 Å². The average Bonchev–Trinajstić information content (AvgIpc) is 3.31. The lowest BCUT2D eigenvalue weighted by molar-refractivity contribution is 0.980. The normalized spacial score (nSPS) is 24.5. The van der Waals surface area contributed by atoms with Gasteiger partial charge >= 0.3 is 0 Å². The fourth-order valence-corrected chi connectivity index (χ4v) is 13.1. The molecule has 4 aliphatic rings. The van der Waals surface area contributed by atoms with E-state index in [1.54, 1.807) is 0 Å². The predicted octanol–water partition coefficient (Wildman–Crippen LogP) is 9.90. The van der Waals surface area contributed by atoms with E-state index in [0.717, 1.165) is 0 Å². The molecule has 0 N–H and O–H groups in total. The fourth-order valence-electron chi connectivity index (χ4n) is 8.13. The first kappa shape index (κ1) is 29.3. The molecule has 2 aromatic carbocycles. The van der Waals surface area contributed by atoms with Crippen LogP contribution in [0, 0.1) is 0 Å². The molecule has 0 aromatic heterocycles. The smallest absolute Gasteiger partial charge is 0.0721 e. The van der Waals surface area contributed by atoms with E-state index in [-0.39, 0.29) is 11.8 Å². The maximum absolute atomic E-state index is 2.64. The quantitative estimate of drug-likeness (QED) is 0.313. The van der Waals surface area contributed by atoms with Crippen molar-refractivity contribution >= 4 is 19.4 Å². The number of anilines is 2. The molecule has 0 spiro atoms. The monoisotopic (exact) mass is 582 g/mol. The van der Waals surface area contributed by atoms with Gasteiger partial charge in [0.2, 0.25) is 0 Å². The van der Waals surface area contributed by atoms with Crippen LogP contribution >= 0.6 is 0 Å². The molecule has 43 heavy (non-hydrogen) atoms. The summed E-state index contributed by atoms with van der Waals surface area (Å²) in [5.41, 5.74) is 15.3. The minimum atomic E-state index is -1.96. The maximum atomic E-state index is 2.64. The molecule has 220 valence electrons. The molecule has 0 amide bonds. The molecule has 0 bridgehead atoms. The average molecular weight is 583 g/mol. The Labute approximate surface area is 260 Å². The third-order valence-corrected chi connectivity index (χ3v) is 14.6. The Morgan fingerprint density at radius 3 is 1.23 bits per heavy atom. The Bertz CT molecular complexity index is 1530. The number of hydrogen-bond donors (Lipinski definition) is 0. The lowest BCUT2D eigenvalue weighted by Gasteiger charge is -2.40. The molecule has 2 aromatic rings. The van der Waals surface area contributed by atoms with Gasteiger partial charge in [0.1, 0.15) is 0 Å². The second-order valence-electron chi connectivity index (χ2n) is 13.7. The molecule has 3 heteroatoms. The number of nitrogens with zero attached hydrogens (tertiary/aromatic N) is 2. The van der Waals surface area contributed by atoms with Gasteiger partial charge in [-0.3, -0.25) is 0 Å². The summed E-state index contributed by atoms with van der Waals surface area (Å²) in [5, 5.41) is 0. The summed E-state index contributed by atoms with van der Waals surface area (Å²) in [6, 6.07) is 18.3. The summed E-state index contributed by atoms with van der Waals surface area (Å²) in [5.74, 6) is 0.551. The Kier molecular flexibility index (Phi) is 7.72. The van der Waals surface area contributed by atoms with E-state index in [1.807, 2.05) is 0 Å². The lowest BCUT2D eigenvalue weighted by Crippen LogP contribution is -2.39. The Hall–Kier alpha value is -3.82. The van der Waals surface area contributed by atoms with Crippen LogP contribution in [0.25, 0.3) is 0 Å². The highest BCUT2D eigenvalue weighted by atomic mass is 28.3. The predicted molar refractivity (Wildman–Crippen MR) is 190 cm³/mol. The summed E-state index contributed by atoms with van der Waals surface area (Å²) in [6.45, 7) is 10.1. The molecular weight excluding hydrogens is 537 g/mol. The van der Waals surface area contributed by atoms with Crippen molar-refractivity contribution in [1.82, 2.24) is 0 Å². The van der Waals surface area contributed by atoms with Crippen molar-refractivity contribution in [3.05, 3.63) is 154 Å². The van der Waals surface area contributed by atoms with Crippen LogP contribution in [0.3, 0.4) is 0 Å². The van der Waals surface area contributed by atoms with Crippen molar-refractivity contribution in [3.63, 3.8) is 0 Å². The molecule has 0 saturated heterocycles. The molecule has 0 fully saturated rings. The van der Waals surface area contributed by atoms with Gasteiger partial charge in [0.05, 0.1) is 8.07 Å². The van der Waals surface area contributed by atoms with E-state index in [9.17, 15) is 0 Å². The van der Waals surface area contributed by atoms with Crippen molar-refractivity contribution in [2.75, 3.05) is 38.0 Å². The molecule has 6 rings (SSSR count). The van der Waals surface area contributed by atoms with Gasteiger partial charge in [-0.2, -0.15) is 0 Å². The minimum absolute atomic E-state index is 0.275. The topological polar surface area (TPSA) is 6.48 Å². The van der Waals surface area contributed by atoms with Crippen molar-refractivity contribution < 1.29 is 0 Å². The van der Waals surface area contributed by atoms with Crippen molar-refractivity contribution in [3.8, 4) is 0 Å². The zero-order valence-electron chi connectivity index (χ0n) is 27.1. The fraction of sp³-hybridized carbons (Fsp3) is 0.300. The zero-order valence-corrected chi connectivity index (χ0v) is 28.1. The summed E-state index contributed by atoms with van der Waals surface area (Å²) in [4.78, 5) is 4.34. The van der Waals surface area contributed by atoms with Gasteiger partial charge in [-0.1, -0.05) is 109 Å². The largest absolute Gasteiger partial charge is 0.378 e. The summed E-state index contributed by atoms with van der Waals surface area (Å²) < 4.78 is 0. The first-order valence-electron chi connectivity index (χ1n) is 15.7. The Morgan fingerprint density at radius 1 is 0.512 bits per heavy atom. The van der Waals surface area contributed by atoms with Crippen LogP contribution in [0.2, 0.25) is 24.2 Å². The van der Waals surface area contributed by atoms with Gasteiger partial charge in [0, 0.05) is 62.5 Å². The molecule has 0 aliphatic heterocycles. The standard InChI is InChI=1S/C40H46N2Si/c1-27-25-37-33(29-17-21-31(22-18-29)41(3)4)13-9-11-15-35(37)39(27)43(7,8)40-28(2)26-38-34(14-10-12-16-36(38)40)30-19-23-32(24-20-30)42(5)6/h9-26,33-34,39-40H,1-8H3. The van der Waals surface area contributed by atoms with Crippen LogP contribution in [-0.2, 0) is 0 Å². The molecule has 0 saturated carbocycles. The van der Waals surface area contributed by atoms with E-state index in [0.29, 0.717) is 11.1 Å². The van der Waals surface area contributed by atoms with Crippen LogP contribution < -0.4 is 9.80 Å². The summed E-state index contributed by atoms with van der Waals surface area (Å²) in [6.07, 6.45) is 23.7. The van der Waals surface area contributed by atoms with E-state index >= 15 is 0 Å².